The van der Waals surface area contributed by atoms with E-state index in [0.717, 1.165) is 16.6 Å². The van der Waals surface area contributed by atoms with Gasteiger partial charge >= 0.3 is 0 Å². The number of carbonyl (C=O) groups is 1. The van der Waals surface area contributed by atoms with Crippen LogP contribution < -0.4 is 5.32 Å². The normalized spacial score (nSPS) is 18.3. The van der Waals surface area contributed by atoms with Crippen LogP contribution in [0, 0.1) is 11.6 Å². The summed E-state index contributed by atoms with van der Waals surface area (Å²) >= 11 is 1.48. The van der Waals surface area contributed by atoms with E-state index in [1.807, 2.05) is 5.38 Å². The SMILES string of the molecule is O=C1C[C@H](c2cc(F)cc(F)c2)c2sccc2N1. The fourth-order valence-electron chi connectivity index (χ4n) is 2.22. The molecule has 5 heteroatoms. The van der Waals surface area contributed by atoms with Crippen molar-refractivity contribution in [3.63, 3.8) is 0 Å². The molecule has 1 N–H and O–H groups in total. The summed E-state index contributed by atoms with van der Waals surface area (Å²) in [5.41, 5.74) is 1.25. The van der Waals surface area contributed by atoms with Gasteiger partial charge in [-0.05, 0) is 29.1 Å². The van der Waals surface area contributed by atoms with Gasteiger partial charge in [-0.15, -0.1) is 11.3 Å². The van der Waals surface area contributed by atoms with Gasteiger partial charge in [-0.3, -0.25) is 4.79 Å². The zero-order valence-electron chi connectivity index (χ0n) is 9.24. The highest BCUT2D eigenvalue weighted by Gasteiger charge is 2.28. The number of halogens is 2. The van der Waals surface area contributed by atoms with Crippen LogP contribution in [0.1, 0.15) is 22.8 Å². The minimum atomic E-state index is -0.617. The molecule has 1 aromatic carbocycles. The maximum absolute atomic E-state index is 13.2. The van der Waals surface area contributed by atoms with Crippen LogP contribution in [0.25, 0.3) is 0 Å². The molecule has 0 saturated heterocycles. The van der Waals surface area contributed by atoms with Crippen LogP contribution in [0.3, 0.4) is 0 Å². The van der Waals surface area contributed by atoms with Crippen molar-refractivity contribution in [3.05, 3.63) is 51.7 Å². The highest BCUT2D eigenvalue weighted by atomic mass is 32.1. The van der Waals surface area contributed by atoms with Gasteiger partial charge in [0.05, 0.1) is 5.69 Å². The Morgan fingerprint density at radius 2 is 1.94 bits per heavy atom. The first-order chi connectivity index (χ1) is 8.63. The number of thiophene rings is 1. The summed E-state index contributed by atoms with van der Waals surface area (Å²) < 4.78 is 26.5. The first kappa shape index (κ1) is 11.3. The van der Waals surface area contributed by atoms with Crippen molar-refractivity contribution in [2.45, 2.75) is 12.3 Å². The summed E-state index contributed by atoms with van der Waals surface area (Å²) in [7, 11) is 0. The second kappa shape index (κ2) is 4.17. The first-order valence-corrected chi connectivity index (χ1v) is 6.34. The van der Waals surface area contributed by atoms with Gasteiger partial charge in [0.2, 0.25) is 5.91 Å². The first-order valence-electron chi connectivity index (χ1n) is 5.47. The summed E-state index contributed by atoms with van der Waals surface area (Å²) in [5, 5.41) is 4.61. The second-order valence-electron chi connectivity index (χ2n) is 4.21. The third kappa shape index (κ3) is 1.90. The topological polar surface area (TPSA) is 29.1 Å². The lowest BCUT2D eigenvalue weighted by Gasteiger charge is -2.22. The summed E-state index contributed by atoms with van der Waals surface area (Å²) in [6.45, 7) is 0. The maximum Gasteiger partial charge on any atom is 0.225 e. The summed E-state index contributed by atoms with van der Waals surface area (Å²) in [6, 6.07) is 5.22. The van der Waals surface area contributed by atoms with Gasteiger partial charge < -0.3 is 5.32 Å². The fraction of sp³-hybridized carbons (Fsp3) is 0.154. The molecule has 0 saturated carbocycles. The lowest BCUT2D eigenvalue weighted by molar-refractivity contribution is -0.116. The number of amides is 1. The Labute approximate surface area is 106 Å². The molecule has 3 rings (SSSR count). The van der Waals surface area contributed by atoms with Gasteiger partial charge in [-0.1, -0.05) is 0 Å². The highest BCUT2D eigenvalue weighted by Crippen LogP contribution is 2.40. The standard InChI is InChI=1S/C13H9F2NOS/c14-8-3-7(4-9(15)5-8)10-6-12(17)16-11-1-2-18-13(10)11/h1-5,10H,6H2,(H,16,17)/t10-/m1/s1. The Balaban J connectivity index is 2.10. The van der Waals surface area contributed by atoms with E-state index >= 15 is 0 Å². The van der Waals surface area contributed by atoms with Crippen molar-refractivity contribution in [2.75, 3.05) is 5.32 Å². The van der Waals surface area contributed by atoms with E-state index in [9.17, 15) is 13.6 Å². The van der Waals surface area contributed by atoms with E-state index in [0.29, 0.717) is 5.56 Å². The summed E-state index contributed by atoms with van der Waals surface area (Å²) in [4.78, 5) is 12.5. The Bertz CT molecular complexity index is 603. The van der Waals surface area contributed by atoms with Crippen molar-refractivity contribution in [2.24, 2.45) is 0 Å². The lowest BCUT2D eigenvalue weighted by Crippen LogP contribution is -2.22. The van der Waals surface area contributed by atoms with Crippen LogP contribution in [0.2, 0.25) is 0 Å². The molecule has 0 radical (unpaired) electrons. The molecule has 0 spiro atoms. The van der Waals surface area contributed by atoms with Crippen LogP contribution in [0.5, 0.6) is 0 Å². The highest BCUT2D eigenvalue weighted by molar-refractivity contribution is 7.10. The van der Waals surface area contributed by atoms with Crippen LogP contribution in [-0.4, -0.2) is 5.91 Å². The largest absolute Gasteiger partial charge is 0.325 e. The predicted octanol–water partition coefficient (Wildman–Crippen LogP) is 3.50. The van der Waals surface area contributed by atoms with E-state index in [1.54, 1.807) is 6.07 Å². The number of carbonyl (C=O) groups excluding carboxylic acids is 1. The molecule has 0 bridgehead atoms. The molecule has 1 aromatic heterocycles. The average Bonchev–Trinajstić information content (AvgIpc) is 2.74. The number of hydrogen-bond acceptors (Lipinski definition) is 2. The molecule has 2 heterocycles. The third-order valence-corrected chi connectivity index (χ3v) is 3.99. The predicted molar refractivity (Wildman–Crippen MR) is 65.8 cm³/mol. The van der Waals surface area contributed by atoms with Crippen molar-refractivity contribution >= 4 is 22.9 Å². The van der Waals surface area contributed by atoms with Gasteiger partial charge in [0.1, 0.15) is 11.6 Å². The molecule has 18 heavy (non-hydrogen) atoms. The lowest BCUT2D eigenvalue weighted by atomic mass is 9.90. The van der Waals surface area contributed by atoms with Gasteiger partial charge in [0, 0.05) is 23.3 Å². The van der Waals surface area contributed by atoms with Gasteiger partial charge in [-0.25, -0.2) is 8.78 Å². The van der Waals surface area contributed by atoms with Crippen molar-refractivity contribution in [1.82, 2.24) is 0 Å². The molecule has 1 aliphatic rings. The maximum atomic E-state index is 13.2. The number of hydrogen-bond donors (Lipinski definition) is 1. The molecule has 0 fully saturated rings. The van der Waals surface area contributed by atoms with Crippen molar-refractivity contribution in [1.29, 1.82) is 0 Å². The zero-order chi connectivity index (χ0) is 12.7. The quantitative estimate of drug-likeness (QED) is 0.840. The van der Waals surface area contributed by atoms with Gasteiger partial charge in [0.15, 0.2) is 0 Å². The van der Waals surface area contributed by atoms with E-state index in [2.05, 4.69) is 5.32 Å². The van der Waals surface area contributed by atoms with Crippen LogP contribution >= 0.6 is 11.3 Å². The number of fused-ring (bicyclic) bond motifs is 1. The van der Waals surface area contributed by atoms with Crippen LogP contribution in [0.4, 0.5) is 14.5 Å². The number of benzene rings is 1. The Morgan fingerprint density at radius 1 is 1.22 bits per heavy atom. The van der Waals surface area contributed by atoms with E-state index in [-0.39, 0.29) is 18.2 Å². The minimum Gasteiger partial charge on any atom is -0.325 e. The van der Waals surface area contributed by atoms with Crippen LogP contribution in [-0.2, 0) is 4.79 Å². The van der Waals surface area contributed by atoms with E-state index < -0.39 is 11.6 Å². The van der Waals surface area contributed by atoms with Crippen molar-refractivity contribution < 1.29 is 13.6 Å². The Kier molecular flexibility index (Phi) is 2.63. The van der Waals surface area contributed by atoms with Gasteiger partial charge in [-0.2, -0.15) is 0 Å². The molecule has 1 atom stereocenters. The monoisotopic (exact) mass is 265 g/mol. The molecule has 2 aromatic rings. The zero-order valence-corrected chi connectivity index (χ0v) is 10.1. The van der Waals surface area contributed by atoms with E-state index in [4.69, 9.17) is 0 Å². The van der Waals surface area contributed by atoms with Crippen molar-refractivity contribution in [3.8, 4) is 0 Å². The number of nitrogens with one attached hydrogen (secondary N) is 1. The Hall–Kier alpha value is -1.75. The third-order valence-electron chi connectivity index (χ3n) is 2.96. The smallest absolute Gasteiger partial charge is 0.225 e. The number of anilines is 1. The second-order valence-corrected chi connectivity index (χ2v) is 5.15. The summed E-state index contributed by atoms with van der Waals surface area (Å²) in [5.74, 6) is -1.63. The fourth-order valence-corrected chi connectivity index (χ4v) is 3.20. The number of rotatable bonds is 1. The molecular formula is C13H9F2NOS. The molecule has 1 amide bonds. The summed E-state index contributed by atoms with van der Waals surface area (Å²) in [6.07, 6.45) is 0.219. The van der Waals surface area contributed by atoms with Gasteiger partial charge in [0.25, 0.3) is 0 Å². The molecule has 92 valence electrons. The van der Waals surface area contributed by atoms with E-state index in [1.165, 1.54) is 23.5 Å². The molecule has 1 aliphatic heterocycles. The minimum absolute atomic E-state index is 0.129. The molecule has 0 aliphatic carbocycles. The Morgan fingerprint density at radius 3 is 2.67 bits per heavy atom. The molecule has 0 unspecified atom stereocenters. The molecule has 2 nitrogen and oxygen atoms in total. The van der Waals surface area contributed by atoms with Crippen LogP contribution in [0.15, 0.2) is 29.6 Å². The molecular weight excluding hydrogens is 256 g/mol. The average molecular weight is 265 g/mol.